The van der Waals surface area contributed by atoms with Crippen molar-refractivity contribution in [2.45, 2.75) is 6.42 Å². The van der Waals surface area contributed by atoms with Gasteiger partial charge in [0.1, 0.15) is 17.4 Å². The van der Waals surface area contributed by atoms with Crippen molar-refractivity contribution in [3.63, 3.8) is 0 Å². The molecule has 2 rings (SSSR count). The molecule has 17 heavy (non-hydrogen) atoms. The van der Waals surface area contributed by atoms with Gasteiger partial charge in [0.05, 0.1) is 13.3 Å². The van der Waals surface area contributed by atoms with Crippen molar-refractivity contribution in [1.29, 1.82) is 0 Å². The third-order valence-corrected chi connectivity index (χ3v) is 2.55. The third kappa shape index (κ3) is 2.96. The number of nitrogens with one attached hydrogen (secondary N) is 1. The predicted molar refractivity (Wildman–Crippen MR) is 66.2 cm³/mol. The van der Waals surface area contributed by atoms with Crippen molar-refractivity contribution in [1.82, 2.24) is 14.5 Å². The normalized spacial score (nSPS) is 10.2. The van der Waals surface area contributed by atoms with Gasteiger partial charge < -0.3 is 14.6 Å². The van der Waals surface area contributed by atoms with E-state index in [9.17, 15) is 0 Å². The van der Waals surface area contributed by atoms with Crippen molar-refractivity contribution in [2.24, 2.45) is 7.05 Å². The zero-order valence-electron chi connectivity index (χ0n) is 10.1. The number of methoxy groups -OCH3 is 1. The van der Waals surface area contributed by atoms with Gasteiger partial charge in [0.25, 0.3) is 0 Å². The minimum absolute atomic E-state index is 0.764. The van der Waals surface area contributed by atoms with Crippen LogP contribution in [0.3, 0.4) is 0 Å². The Balaban J connectivity index is 1.83. The van der Waals surface area contributed by atoms with Gasteiger partial charge in [0.15, 0.2) is 0 Å². The van der Waals surface area contributed by atoms with E-state index in [0.29, 0.717) is 0 Å². The molecular weight excluding hydrogens is 216 g/mol. The molecule has 0 fully saturated rings. The van der Waals surface area contributed by atoms with Crippen LogP contribution in [0.2, 0.25) is 0 Å². The molecule has 0 atom stereocenters. The van der Waals surface area contributed by atoms with E-state index in [1.165, 1.54) is 0 Å². The number of aromatic nitrogens is 3. The van der Waals surface area contributed by atoms with Crippen LogP contribution >= 0.6 is 0 Å². The lowest BCUT2D eigenvalue weighted by atomic mass is 10.4. The van der Waals surface area contributed by atoms with E-state index >= 15 is 0 Å². The molecule has 0 spiro atoms. The molecule has 0 aliphatic rings. The Morgan fingerprint density at radius 3 is 2.82 bits per heavy atom. The topological polar surface area (TPSA) is 52.0 Å². The highest BCUT2D eigenvalue weighted by Gasteiger charge is 1.99. The molecule has 2 heterocycles. The minimum atomic E-state index is 0.764. The Hall–Kier alpha value is -2.04. The molecule has 1 N–H and O–H groups in total. The summed E-state index contributed by atoms with van der Waals surface area (Å²) in [5.41, 5.74) is 0. The fraction of sp³-hybridized carbons (Fsp3) is 0.333. The van der Waals surface area contributed by atoms with Crippen LogP contribution in [0.5, 0.6) is 5.75 Å². The van der Waals surface area contributed by atoms with E-state index in [1.807, 2.05) is 29.9 Å². The second-order valence-corrected chi connectivity index (χ2v) is 3.71. The largest absolute Gasteiger partial charge is 0.495 e. The van der Waals surface area contributed by atoms with E-state index in [0.717, 1.165) is 30.4 Å². The van der Waals surface area contributed by atoms with Crippen LogP contribution in [0.4, 0.5) is 5.82 Å². The fourth-order valence-electron chi connectivity index (χ4n) is 1.55. The highest BCUT2D eigenvalue weighted by Crippen LogP contribution is 2.10. The average molecular weight is 232 g/mol. The number of ether oxygens (including phenoxy) is 1. The van der Waals surface area contributed by atoms with Crippen molar-refractivity contribution >= 4 is 5.82 Å². The first-order valence-electron chi connectivity index (χ1n) is 5.49. The van der Waals surface area contributed by atoms with E-state index < -0.39 is 0 Å². The molecule has 5 heteroatoms. The number of hydrogen-bond donors (Lipinski definition) is 1. The molecule has 0 aliphatic carbocycles. The molecule has 0 saturated carbocycles. The lowest BCUT2D eigenvalue weighted by molar-refractivity contribution is 0.413. The highest BCUT2D eigenvalue weighted by atomic mass is 16.5. The summed E-state index contributed by atoms with van der Waals surface area (Å²) < 4.78 is 7.06. The summed E-state index contributed by atoms with van der Waals surface area (Å²) in [5, 5.41) is 3.24. The lowest BCUT2D eigenvalue weighted by Crippen LogP contribution is -2.09. The maximum Gasteiger partial charge on any atom is 0.137 e. The highest BCUT2D eigenvalue weighted by molar-refractivity contribution is 5.37. The molecule has 0 unspecified atom stereocenters. The van der Waals surface area contributed by atoms with E-state index in [1.54, 1.807) is 19.5 Å². The zero-order chi connectivity index (χ0) is 12.1. The Bertz CT molecular complexity index is 464. The minimum Gasteiger partial charge on any atom is -0.495 e. The molecule has 0 amide bonds. The van der Waals surface area contributed by atoms with Gasteiger partial charge in [-0.15, -0.1) is 0 Å². The molecule has 0 aromatic carbocycles. The van der Waals surface area contributed by atoms with Crippen LogP contribution in [0.25, 0.3) is 0 Å². The van der Waals surface area contributed by atoms with Crippen LogP contribution in [0.1, 0.15) is 5.82 Å². The Morgan fingerprint density at radius 1 is 1.35 bits per heavy atom. The second-order valence-electron chi connectivity index (χ2n) is 3.71. The summed E-state index contributed by atoms with van der Waals surface area (Å²) in [4.78, 5) is 8.48. The van der Waals surface area contributed by atoms with E-state index in [2.05, 4.69) is 15.3 Å². The maximum absolute atomic E-state index is 5.04. The van der Waals surface area contributed by atoms with Gasteiger partial charge in [-0.1, -0.05) is 0 Å². The number of anilines is 1. The van der Waals surface area contributed by atoms with Crippen LogP contribution in [-0.4, -0.2) is 28.2 Å². The first kappa shape index (κ1) is 11.4. The second kappa shape index (κ2) is 5.34. The Morgan fingerprint density at radius 2 is 2.24 bits per heavy atom. The van der Waals surface area contributed by atoms with Crippen LogP contribution in [0.15, 0.2) is 30.7 Å². The van der Waals surface area contributed by atoms with Gasteiger partial charge >= 0.3 is 0 Å². The summed E-state index contributed by atoms with van der Waals surface area (Å²) in [5.74, 6) is 2.67. The summed E-state index contributed by atoms with van der Waals surface area (Å²) in [7, 11) is 3.62. The number of imidazole rings is 1. The number of nitrogens with zero attached hydrogens (tertiary/aromatic N) is 3. The molecule has 5 nitrogen and oxygen atoms in total. The summed E-state index contributed by atoms with van der Waals surface area (Å²) in [6, 6.07) is 3.79. The van der Waals surface area contributed by atoms with Gasteiger partial charge in [-0.25, -0.2) is 9.97 Å². The summed E-state index contributed by atoms with van der Waals surface area (Å²) in [6.45, 7) is 0.810. The van der Waals surface area contributed by atoms with Crippen LogP contribution in [-0.2, 0) is 13.5 Å². The Kier molecular flexibility index (Phi) is 3.59. The van der Waals surface area contributed by atoms with Crippen LogP contribution in [0, 0.1) is 0 Å². The predicted octanol–water partition coefficient (Wildman–Crippen LogP) is 1.48. The molecular formula is C12H16N4O. The first-order valence-corrected chi connectivity index (χ1v) is 5.49. The van der Waals surface area contributed by atoms with Crippen molar-refractivity contribution < 1.29 is 4.74 Å². The number of pyridine rings is 1. The third-order valence-electron chi connectivity index (χ3n) is 2.55. The van der Waals surface area contributed by atoms with E-state index in [4.69, 9.17) is 4.74 Å². The smallest absolute Gasteiger partial charge is 0.137 e. The number of hydrogen-bond acceptors (Lipinski definition) is 4. The van der Waals surface area contributed by atoms with Gasteiger partial charge in [0.2, 0.25) is 0 Å². The van der Waals surface area contributed by atoms with Crippen LogP contribution < -0.4 is 10.1 Å². The zero-order valence-corrected chi connectivity index (χ0v) is 10.1. The standard InChI is InChI=1S/C12H16N4O/c1-16-8-7-14-12(16)5-6-13-11-4-3-10(17-2)9-15-11/h3-4,7-9H,5-6H2,1-2H3,(H,13,15). The summed E-state index contributed by atoms with van der Waals surface area (Å²) >= 11 is 0. The molecule has 0 bridgehead atoms. The average Bonchev–Trinajstić information content (AvgIpc) is 2.76. The Labute approximate surface area is 100 Å². The molecule has 0 radical (unpaired) electrons. The molecule has 2 aromatic rings. The molecule has 2 aromatic heterocycles. The van der Waals surface area contributed by atoms with Crippen molar-refractivity contribution in [3.05, 3.63) is 36.5 Å². The van der Waals surface area contributed by atoms with E-state index in [-0.39, 0.29) is 0 Å². The van der Waals surface area contributed by atoms with Gasteiger partial charge in [-0.05, 0) is 12.1 Å². The first-order chi connectivity index (χ1) is 8.29. The monoisotopic (exact) mass is 232 g/mol. The number of aryl methyl sites for hydroxylation is 1. The van der Waals surface area contributed by atoms with Crippen molar-refractivity contribution in [2.75, 3.05) is 19.0 Å². The fourth-order valence-corrected chi connectivity index (χ4v) is 1.55. The SMILES string of the molecule is COc1ccc(NCCc2nccn2C)nc1. The van der Waals surface area contributed by atoms with Crippen molar-refractivity contribution in [3.8, 4) is 5.75 Å². The van der Waals surface area contributed by atoms with Gasteiger partial charge in [-0.2, -0.15) is 0 Å². The van der Waals surface area contributed by atoms with Gasteiger partial charge in [-0.3, -0.25) is 0 Å². The molecule has 0 saturated heterocycles. The molecule has 0 aliphatic heterocycles. The summed E-state index contributed by atoms with van der Waals surface area (Å²) in [6.07, 6.45) is 6.32. The number of rotatable bonds is 5. The van der Waals surface area contributed by atoms with Gasteiger partial charge in [0, 0.05) is 32.4 Å². The lowest BCUT2D eigenvalue weighted by Gasteiger charge is -2.06. The molecule has 90 valence electrons. The maximum atomic E-state index is 5.04. The quantitative estimate of drug-likeness (QED) is 0.848.